The molecule has 0 bridgehead atoms. The van der Waals surface area contributed by atoms with Crippen LogP contribution in [-0.4, -0.2) is 17.6 Å². The van der Waals surface area contributed by atoms with Crippen LogP contribution in [0.3, 0.4) is 0 Å². The van der Waals surface area contributed by atoms with Crippen LogP contribution in [0.15, 0.2) is 18.2 Å². The number of carbonyl (C=O) groups is 2. The molecule has 1 atom stereocenters. The first kappa shape index (κ1) is 12.1. The maximum atomic E-state index is 11.7. The molecule has 1 amide bonds. The first-order valence-corrected chi connectivity index (χ1v) is 6.18. The molecule has 1 heterocycles. The van der Waals surface area contributed by atoms with Gasteiger partial charge in [-0.1, -0.05) is 6.92 Å². The molecule has 1 N–H and O–H groups in total. The van der Waals surface area contributed by atoms with Gasteiger partial charge in [0.1, 0.15) is 0 Å². The van der Waals surface area contributed by atoms with Crippen molar-refractivity contribution in [1.29, 1.82) is 0 Å². The molecule has 90 valence electrons. The SMILES string of the molecule is CC1CC(=O)Nc2ccc(C(=O)CCCl)cc21. The van der Waals surface area contributed by atoms with Gasteiger partial charge in [-0.25, -0.2) is 0 Å². The highest BCUT2D eigenvalue weighted by molar-refractivity contribution is 6.19. The molecule has 0 radical (unpaired) electrons. The predicted molar refractivity (Wildman–Crippen MR) is 67.8 cm³/mol. The zero-order chi connectivity index (χ0) is 12.4. The lowest BCUT2D eigenvalue weighted by molar-refractivity contribution is -0.116. The number of hydrogen-bond donors (Lipinski definition) is 1. The number of hydrogen-bond acceptors (Lipinski definition) is 2. The summed E-state index contributed by atoms with van der Waals surface area (Å²) in [5.41, 5.74) is 2.52. The maximum Gasteiger partial charge on any atom is 0.224 e. The van der Waals surface area contributed by atoms with E-state index in [4.69, 9.17) is 11.6 Å². The van der Waals surface area contributed by atoms with Crippen LogP contribution in [0.4, 0.5) is 5.69 Å². The van der Waals surface area contributed by atoms with Crippen molar-refractivity contribution in [2.75, 3.05) is 11.2 Å². The number of fused-ring (bicyclic) bond motifs is 1. The Labute approximate surface area is 105 Å². The van der Waals surface area contributed by atoms with E-state index < -0.39 is 0 Å². The largest absolute Gasteiger partial charge is 0.326 e. The van der Waals surface area contributed by atoms with Gasteiger partial charge >= 0.3 is 0 Å². The third-order valence-corrected chi connectivity index (χ3v) is 3.18. The van der Waals surface area contributed by atoms with Crippen LogP contribution < -0.4 is 5.32 Å². The first-order chi connectivity index (χ1) is 8.11. The van der Waals surface area contributed by atoms with Crippen LogP contribution in [0, 0.1) is 0 Å². The van der Waals surface area contributed by atoms with Gasteiger partial charge in [-0.05, 0) is 29.7 Å². The number of anilines is 1. The summed E-state index contributed by atoms with van der Waals surface area (Å²) in [5, 5.41) is 2.81. The van der Waals surface area contributed by atoms with E-state index in [-0.39, 0.29) is 17.6 Å². The van der Waals surface area contributed by atoms with Gasteiger partial charge in [-0.3, -0.25) is 9.59 Å². The molecule has 1 unspecified atom stereocenters. The molecule has 0 aliphatic carbocycles. The molecule has 1 aromatic carbocycles. The van der Waals surface area contributed by atoms with E-state index in [2.05, 4.69) is 5.32 Å². The molecule has 2 rings (SSSR count). The molecular formula is C13H14ClNO2. The van der Waals surface area contributed by atoms with Crippen molar-refractivity contribution in [3.63, 3.8) is 0 Å². The lowest BCUT2D eigenvalue weighted by Gasteiger charge is -2.23. The Morgan fingerprint density at radius 2 is 2.29 bits per heavy atom. The molecule has 0 spiro atoms. The second kappa shape index (κ2) is 4.88. The first-order valence-electron chi connectivity index (χ1n) is 5.64. The highest BCUT2D eigenvalue weighted by atomic mass is 35.5. The highest BCUT2D eigenvalue weighted by Crippen LogP contribution is 2.32. The van der Waals surface area contributed by atoms with Crippen LogP contribution in [0.2, 0.25) is 0 Å². The van der Waals surface area contributed by atoms with Gasteiger partial charge in [-0.15, -0.1) is 11.6 Å². The van der Waals surface area contributed by atoms with Gasteiger partial charge in [0.05, 0.1) is 0 Å². The number of carbonyl (C=O) groups excluding carboxylic acids is 2. The van der Waals surface area contributed by atoms with Gasteiger partial charge in [-0.2, -0.15) is 0 Å². The molecule has 0 saturated heterocycles. The molecule has 1 aliphatic heterocycles. The third kappa shape index (κ3) is 2.50. The van der Waals surface area contributed by atoms with Gasteiger partial charge in [0.15, 0.2) is 5.78 Å². The summed E-state index contributed by atoms with van der Waals surface area (Å²) < 4.78 is 0. The summed E-state index contributed by atoms with van der Waals surface area (Å²) in [7, 11) is 0. The molecular weight excluding hydrogens is 238 g/mol. The maximum absolute atomic E-state index is 11.7. The molecule has 1 aliphatic rings. The van der Waals surface area contributed by atoms with Crippen LogP contribution in [0.1, 0.15) is 41.6 Å². The summed E-state index contributed by atoms with van der Waals surface area (Å²) in [6.07, 6.45) is 0.821. The van der Waals surface area contributed by atoms with Crippen LogP contribution in [0.5, 0.6) is 0 Å². The Bertz CT molecular complexity index is 470. The quantitative estimate of drug-likeness (QED) is 0.663. The van der Waals surface area contributed by atoms with Gasteiger partial charge in [0.25, 0.3) is 0 Å². The normalized spacial score (nSPS) is 18.5. The number of benzene rings is 1. The monoisotopic (exact) mass is 251 g/mol. The Morgan fingerprint density at radius 1 is 1.53 bits per heavy atom. The van der Waals surface area contributed by atoms with E-state index >= 15 is 0 Å². The van der Waals surface area contributed by atoms with Crippen LogP contribution >= 0.6 is 11.6 Å². The molecule has 3 nitrogen and oxygen atoms in total. The van der Waals surface area contributed by atoms with E-state index in [1.54, 1.807) is 12.1 Å². The Morgan fingerprint density at radius 3 is 3.00 bits per heavy atom. The van der Waals surface area contributed by atoms with Crippen LogP contribution in [-0.2, 0) is 4.79 Å². The van der Waals surface area contributed by atoms with E-state index in [0.717, 1.165) is 11.3 Å². The summed E-state index contributed by atoms with van der Waals surface area (Å²) in [6.45, 7) is 1.99. The molecule has 0 saturated carbocycles. The van der Waals surface area contributed by atoms with Crippen molar-refractivity contribution in [3.8, 4) is 0 Å². The predicted octanol–water partition coefficient (Wildman–Crippen LogP) is 2.94. The minimum Gasteiger partial charge on any atom is -0.326 e. The van der Waals surface area contributed by atoms with Gasteiger partial charge in [0, 0.05) is 30.0 Å². The zero-order valence-electron chi connectivity index (χ0n) is 9.63. The van der Waals surface area contributed by atoms with Crippen molar-refractivity contribution in [2.24, 2.45) is 0 Å². The summed E-state index contributed by atoms with van der Waals surface area (Å²) in [4.78, 5) is 23.1. The molecule has 17 heavy (non-hydrogen) atoms. The second-order valence-corrected chi connectivity index (χ2v) is 4.70. The van der Waals surface area contributed by atoms with E-state index in [1.807, 2.05) is 13.0 Å². The lowest BCUT2D eigenvalue weighted by Crippen LogP contribution is -2.21. The summed E-state index contributed by atoms with van der Waals surface area (Å²) >= 11 is 5.56. The minimum atomic E-state index is 0.0323. The Kier molecular flexibility index (Phi) is 3.48. The number of ketones is 1. The number of amides is 1. The molecule has 0 fully saturated rings. The minimum absolute atomic E-state index is 0.0323. The summed E-state index contributed by atoms with van der Waals surface area (Å²) in [6, 6.07) is 5.41. The summed E-state index contributed by atoms with van der Waals surface area (Å²) in [5.74, 6) is 0.571. The fourth-order valence-corrected chi connectivity index (χ4v) is 2.25. The average molecular weight is 252 g/mol. The van der Waals surface area contributed by atoms with E-state index in [1.165, 1.54) is 0 Å². The molecule has 4 heteroatoms. The fraction of sp³-hybridized carbons (Fsp3) is 0.385. The number of nitrogens with one attached hydrogen (secondary N) is 1. The van der Waals surface area contributed by atoms with Crippen molar-refractivity contribution >= 4 is 29.0 Å². The van der Waals surface area contributed by atoms with E-state index in [0.29, 0.717) is 24.3 Å². The molecule has 0 aromatic heterocycles. The third-order valence-electron chi connectivity index (χ3n) is 2.99. The number of halogens is 1. The standard InChI is InChI=1S/C13H14ClNO2/c1-8-6-13(17)15-11-3-2-9(7-10(8)11)12(16)4-5-14/h2-3,7-8H,4-6H2,1H3,(H,15,17). The van der Waals surface area contributed by atoms with E-state index in [9.17, 15) is 9.59 Å². The highest BCUT2D eigenvalue weighted by Gasteiger charge is 2.22. The van der Waals surface area contributed by atoms with Crippen molar-refractivity contribution in [1.82, 2.24) is 0 Å². The van der Waals surface area contributed by atoms with Crippen molar-refractivity contribution in [2.45, 2.75) is 25.7 Å². The topological polar surface area (TPSA) is 46.2 Å². The fourth-order valence-electron chi connectivity index (χ4n) is 2.08. The Hall–Kier alpha value is -1.35. The lowest BCUT2D eigenvalue weighted by atomic mass is 9.90. The number of alkyl halides is 1. The second-order valence-electron chi connectivity index (χ2n) is 4.32. The zero-order valence-corrected chi connectivity index (χ0v) is 10.4. The van der Waals surface area contributed by atoms with Crippen molar-refractivity contribution in [3.05, 3.63) is 29.3 Å². The smallest absolute Gasteiger partial charge is 0.224 e. The van der Waals surface area contributed by atoms with Crippen LogP contribution in [0.25, 0.3) is 0 Å². The number of rotatable bonds is 3. The van der Waals surface area contributed by atoms with Crippen molar-refractivity contribution < 1.29 is 9.59 Å². The van der Waals surface area contributed by atoms with Gasteiger partial charge in [0.2, 0.25) is 5.91 Å². The number of Topliss-reactive ketones (excluding diaryl/α,β-unsaturated/α-hetero) is 1. The average Bonchev–Trinajstić information content (AvgIpc) is 2.28. The Balaban J connectivity index is 2.33. The molecule has 1 aromatic rings. The van der Waals surface area contributed by atoms with Gasteiger partial charge < -0.3 is 5.32 Å².